The summed E-state index contributed by atoms with van der Waals surface area (Å²) in [7, 11) is 0. The summed E-state index contributed by atoms with van der Waals surface area (Å²) in [6.07, 6.45) is 18.7. The van der Waals surface area contributed by atoms with E-state index in [4.69, 9.17) is 28.4 Å². The second-order valence-corrected chi connectivity index (χ2v) is 16.4. The zero-order valence-electron chi connectivity index (χ0n) is 38.7. The van der Waals surface area contributed by atoms with Gasteiger partial charge in [0.05, 0.1) is 35.5 Å². The smallest absolute Gasteiger partial charge is 0.343 e. The minimum Gasteiger partial charge on any atom is -0.494 e. The molecule has 0 bridgehead atoms. The van der Waals surface area contributed by atoms with Crippen molar-refractivity contribution in [3.8, 4) is 23.0 Å². The molecule has 1 atom stereocenters. The molecule has 0 radical (unpaired) electrons. The molecule has 5 aromatic carbocycles. The summed E-state index contributed by atoms with van der Waals surface area (Å²) in [6.45, 7) is 5.46. The fraction of sp³-hybridized carbons (Fsp3) is 0.393. The van der Waals surface area contributed by atoms with Crippen molar-refractivity contribution in [2.75, 3.05) is 19.8 Å². The molecule has 0 aliphatic carbocycles. The van der Waals surface area contributed by atoms with Gasteiger partial charge in [0.25, 0.3) is 0 Å². The molecule has 5 aromatic rings. The van der Waals surface area contributed by atoms with Crippen LogP contribution in [-0.2, 0) is 9.47 Å². The summed E-state index contributed by atoms with van der Waals surface area (Å²) in [5, 5.41) is 0. The third-order valence-corrected chi connectivity index (χ3v) is 11.1. The molecule has 0 spiro atoms. The maximum absolute atomic E-state index is 13.3. The molecule has 0 aromatic heterocycles. The highest BCUT2D eigenvalue weighted by atomic mass is 16.6. The topological polar surface area (TPSA) is 124 Å². The van der Waals surface area contributed by atoms with Crippen LogP contribution in [0.25, 0.3) is 0 Å². The zero-order valence-corrected chi connectivity index (χ0v) is 38.7. The minimum atomic E-state index is -0.922. The first-order chi connectivity index (χ1) is 32.3. The van der Waals surface area contributed by atoms with E-state index in [0.29, 0.717) is 41.4 Å². The molecule has 0 saturated heterocycles. The van der Waals surface area contributed by atoms with E-state index in [1.807, 2.05) is 6.07 Å². The predicted octanol–water partition coefficient (Wildman–Crippen LogP) is 13.9. The molecule has 66 heavy (non-hydrogen) atoms. The lowest BCUT2D eigenvalue weighted by atomic mass is 10.1. The molecule has 0 amide bonds. The molecule has 0 aliphatic heterocycles. The van der Waals surface area contributed by atoms with Gasteiger partial charge in [-0.05, 0) is 115 Å². The van der Waals surface area contributed by atoms with Gasteiger partial charge in [-0.25, -0.2) is 19.2 Å². The van der Waals surface area contributed by atoms with Gasteiger partial charge in [0.2, 0.25) is 0 Å². The number of unbranched alkanes of at least 4 members (excludes halogenated alkanes) is 14. The number of rotatable bonds is 30. The van der Waals surface area contributed by atoms with E-state index < -0.39 is 30.0 Å². The van der Waals surface area contributed by atoms with Gasteiger partial charge in [-0.15, -0.1) is 0 Å². The SMILES string of the molecule is CCCCCCCCCCOc1ccc(C(=O)Oc2ccc(C(=O)OCC(OC(=O)c3ccc(OC(=O)c4ccc(OCCCCCCCCCC)cc4)cc3)c3ccccc3)cc2)cc1. The third-order valence-electron chi connectivity index (χ3n) is 11.1. The van der Waals surface area contributed by atoms with Gasteiger partial charge in [0.1, 0.15) is 29.6 Å². The summed E-state index contributed by atoms with van der Waals surface area (Å²) in [5.74, 6) is -0.494. The molecular weight excluding hydrogens is 833 g/mol. The maximum Gasteiger partial charge on any atom is 0.343 e. The molecule has 0 heterocycles. The molecule has 0 N–H and O–H groups in total. The first kappa shape index (κ1) is 50.6. The second kappa shape index (κ2) is 29.2. The first-order valence-electron chi connectivity index (χ1n) is 23.9. The van der Waals surface area contributed by atoms with Crippen molar-refractivity contribution in [2.24, 2.45) is 0 Å². The summed E-state index contributed by atoms with van der Waals surface area (Å²) < 4.78 is 34.2. The molecule has 5 rings (SSSR count). The van der Waals surface area contributed by atoms with E-state index in [0.717, 1.165) is 25.7 Å². The van der Waals surface area contributed by atoms with Gasteiger partial charge in [-0.2, -0.15) is 0 Å². The van der Waals surface area contributed by atoms with E-state index in [9.17, 15) is 19.2 Å². The lowest BCUT2D eigenvalue weighted by molar-refractivity contribution is -0.00134. The van der Waals surface area contributed by atoms with Gasteiger partial charge in [0, 0.05) is 0 Å². The van der Waals surface area contributed by atoms with Crippen LogP contribution in [0.1, 0.15) is 170 Å². The van der Waals surface area contributed by atoms with E-state index in [2.05, 4.69) is 13.8 Å². The summed E-state index contributed by atoms with van der Waals surface area (Å²) in [4.78, 5) is 52.2. The van der Waals surface area contributed by atoms with Crippen molar-refractivity contribution in [2.45, 2.75) is 123 Å². The molecule has 0 fully saturated rings. The highest BCUT2D eigenvalue weighted by Crippen LogP contribution is 2.24. The average molecular weight is 899 g/mol. The number of ether oxygens (including phenoxy) is 6. The van der Waals surface area contributed by atoms with Crippen molar-refractivity contribution in [3.63, 3.8) is 0 Å². The Kier molecular flexibility index (Phi) is 22.4. The molecule has 0 saturated carbocycles. The van der Waals surface area contributed by atoms with Gasteiger partial charge < -0.3 is 28.4 Å². The molecule has 10 heteroatoms. The largest absolute Gasteiger partial charge is 0.494 e. The summed E-state index contributed by atoms with van der Waals surface area (Å²) in [5.41, 5.74) is 1.78. The van der Waals surface area contributed by atoms with Crippen LogP contribution in [0.5, 0.6) is 23.0 Å². The monoisotopic (exact) mass is 898 g/mol. The van der Waals surface area contributed by atoms with Crippen LogP contribution in [0.2, 0.25) is 0 Å². The Bertz CT molecular complexity index is 2170. The molecule has 1 unspecified atom stereocenters. The number of carbonyl (C=O) groups is 4. The Morgan fingerprint density at radius 2 is 0.727 bits per heavy atom. The minimum absolute atomic E-state index is 0.212. The molecular formula is C56H66O10. The van der Waals surface area contributed by atoms with Crippen LogP contribution in [0, 0.1) is 0 Å². The Balaban J connectivity index is 1.04. The van der Waals surface area contributed by atoms with Crippen molar-refractivity contribution in [1.29, 1.82) is 0 Å². The standard InChI is InChI=1S/C56H66O10/c1-3-5-7-9-11-13-15-20-40-61-48-32-24-45(25-33-48)54(58)64-50-36-28-44(29-37-50)53(57)63-42-52(43-22-18-17-19-23-43)66-56(60)47-30-38-51(39-31-47)65-55(59)46-26-34-49(35-27-46)62-41-21-16-14-12-10-8-6-4-2/h17-19,22-39,52H,3-16,20-21,40-42H2,1-2H3. The fourth-order valence-corrected chi connectivity index (χ4v) is 7.17. The van der Waals surface area contributed by atoms with Crippen LogP contribution in [0.3, 0.4) is 0 Å². The van der Waals surface area contributed by atoms with Crippen molar-refractivity contribution >= 4 is 23.9 Å². The number of hydrogen-bond acceptors (Lipinski definition) is 10. The normalized spacial score (nSPS) is 11.3. The predicted molar refractivity (Wildman–Crippen MR) is 257 cm³/mol. The highest BCUT2D eigenvalue weighted by molar-refractivity contribution is 5.93. The van der Waals surface area contributed by atoms with E-state index in [1.165, 1.54) is 126 Å². The summed E-state index contributed by atoms with van der Waals surface area (Å²) >= 11 is 0. The Labute approximate surface area is 390 Å². The molecule has 0 aliphatic rings. The number of esters is 4. The number of carbonyl (C=O) groups excluding carboxylic acids is 4. The molecule has 10 nitrogen and oxygen atoms in total. The summed E-state index contributed by atoms with van der Waals surface area (Å²) in [6, 6.07) is 34.7. The van der Waals surface area contributed by atoms with E-state index >= 15 is 0 Å². The lowest BCUT2D eigenvalue weighted by Crippen LogP contribution is -2.19. The van der Waals surface area contributed by atoms with Gasteiger partial charge in [-0.1, -0.05) is 134 Å². The maximum atomic E-state index is 13.3. The Morgan fingerprint density at radius 3 is 1.14 bits per heavy atom. The quantitative estimate of drug-likeness (QED) is 0.0250. The van der Waals surface area contributed by atoms with Crippen LogP contribution >= 0.6 is 0 Å². The molecule has 350 valence electrons. The van der Waals surface area contributed by atoms with Gasteiger partial charge >= 0.3 is 23.9 Å². The number of benzene rings is 5. The fourth-order valence-electron chi connectivity index (χ4n) is 7.17. The second-order valence-electron chi connectivity index (χ2n) is 16.4. The van der Waals surface area contributed by atoms with Gasteiger partial charge in [0.15, 0.2) is 6.10 Å². The number of hydrogen-bond donors (Lipinski definition) is 0. The van der Waals surface area contributed by atoms with Crippen LogP contribution in [0.4, 0.5) is 0 Å². The zero-order chi connectivity index (χ0) is 46.6. The first-order valence-corrected chi connectivity index (χ1v) is 23.9. The van der Waals surface area contributed by atoms with E-state index in [-0.39, 0.29) is 29.2 Å². The van der Waals surface area contributed by atoms with Crippen molar-refractivity contribution in [3.05, 3.63) is 155 Å². The Morgan fingerprint density at radius 1 is 0.379 bits per heavy atom. The van der Waals surface area contributed by atoms with Gasteiger partial charge in [-0.3, -0.25) is 0 Å². The van der Waals surface area contributed by atoms with Crippen LogP contribution in [0.15, 0.2) is 127 Å². The third kappa shape index (κ3) is 18.2. The van der Waals surface area contributed by atoms with Crippen molar-refractivity contribution in [1.82, 2.24) is 0 Å². The Hall–Kier alpha value is -6.42. The van der Waals surface area contributed by atoms with E-state index in [1.54, 1.807) is 72.8 Å². The van der Waals surface area contributed by atoms with Crippen molar-refractivity contribution < 1.29 is 47.6 Å². The average Bonchev–Trinajstić information content (AvgIpc) is 3.35. The lowest BCUT2D eigenvalue weighted by Gasteiger charge is -2.18. The highest BCUT2D eigenvalue weighted by Gasteiger charge is 2.22. The van der Waals surface area contributed by atoms with Crippen LogP contribution in [-0.4, -0.2) is 43.7 Å². The van der Waals surface area contributed by atoms with Crippen LogP contribution < -0.4 is 18.9 Å².